The van der Waals surface area contributed by atoms with Crippen molar-refractivity contribution in [3.05, 3.63) is 92.9 Å². The normalized spacial score (nSPS) is 14.5. The smallest absolute Gasteiger partial charge is 0.264 e. The van der Waals surface area contributed by atoms with Gasteiger partial charge in [-0.3, -0.25) is 13.9 Å². The summed E-state index contributed by atoms with van der Waals surface area (Å²) in [6, 6.07) is 16.9. The lowest BCUT2D eigenvalue weighted by molar-refractivity contribution is -0.139. The van der Waals surface area contributed by atoms with Gasteiger partial charge in [-0.2, -0.15) is 0 Å². The van der Waals surface area contributed by atoms with Gasteiger partial charge in [0.25, 0.3) is 10.0 Å². The average Bonchev–Trinajstić information content (AvgIpc) is 3.45. The van der Waals surface area contributed by atoms with Gasteiger partial charge in [0, 0.05) is 12.6 Å². The van der Waals surface area contributed by atoms with Crippen LogP contribution in [0.15, 0.2) is 71.6 Å². The lowest BCUT2D eigenvalue weighted by Gasteiger charge is -2.32. The first-order valence-electron chi connectivity index (χ1n) is 13.3. The van der Waals surface area contributed by atoms with Gasteiger partial charge in [0.05, 0.1) is 25.7 Å². The third kappa shape index (κ3) is 7.55. The molecular weight excluding hydrogens is 605 g/mol. The molecule has 1 unspecified atom stereocenters. The first kappa shape index (κ1) is 31.2. The van der Waals surface area contributed by atoms with Gasteiger partial charge in [-0.1, -0.05) is 83.5 Å². The van der Waals surface area contributed by atoms with Crippen LogP contribution in [0.3, 0.4) is 0 Å². The maximum atomic E-state index is 14.0. The zero-order valence-corrected chi connectivity index (χ0v) is 25.9. The minimum absolute atomic E-state index is 0.00984. The lowest BCUT2D eigenvalue weighted by Crippen LogP contribution is -2.52. The molecule has 0 heterocycles. The number of benzene rings is 3. The Labute approximate surface area is 256 Å². The highest BCUT2D eigenvalue weighted by molar-refractivity contribution is 7.92. The molecule has 1 aliphatic rings. The van der Waals surface area contributed by atoms with Gasteiger partial charge in [-0.05, 0) is 68.7 Å². The van der Waals surface area contributed by atoms with Gasteiger partial charge in [0.1, 0.15) is 12.6 Å². The molecule has 218 valence electrons. The van der Waals surface area contributed by atoms with Crippen LogP contribution in [0.25, 0.3) is 0 Å². The molecule has 0 radical (unpaired) electrons. The Balaban J connectivity index is 1.70. The Bertz CT molecular complexity index is 1510. The molecule has 1 atom stereocenters. The topological polar surface area (TPSA) is 86.8 Å². The van der Waals surface area contributed by atoms with Crippen LogP contribution < -0.4 is 9.62 Å². The summed E-state index contributed by atoms with van der Waals surface area (Å²) >= 11 is 18.8. The highest BCUT2D eigenvalue weighted by atomic mass is 35.5. The summed E-state index contributed by atoms with van der Waals surface area (Å²) < 4.78 is 28.8. The van der Waals surface area contributed by atoms with Crippen molar-refractivity contribution in [2.45, 2.75) is 63.1 Å². The van der Waals surface area contributed by atoms with Crippen molar-refractivity contribution in [2.24, 2.45) is 0 Å². The number of aryl methyl sites for hydroxylation is 1. The summed E-state index contributed by atoms with van der Waals surface area (Å²) in [5, 5.41) is 3.87. The number of nitrogens with zero attached hydrogens (tertiary/aromatic N) is 2. The van der Waals surface area contributed by atoms with E-state index in [0.29, 0.717) is 15.6 Å². The fourth-order valence-corrected chi connectivity index (χ4v) is 6.86. The van der Waals surface area contributed by atoms with E-state index >= 15 is 0 Å². The molecule has 0 bridgehead atoms. The Hall–Kier alpha value is -2.78. The van der Waals surface area contributed by atoms with Gasteiger partial charge in [-0.25, -0.2) is 8.42 Å². The van der Waals surface area contributed by atoms with E-state index in [1.165, 1.54) is 17.0 Å². The van der Waals surface area contributed by atoms with Crippen LogP contribution in [-0.4, -0.2) is 43.8 Å². The van der Waals surface area contributed by atoms with Crippen LogP contribution in [-0.2, 0) is 26.2 Å². The third-order valence-corrected chi connectivity index (χ3v) is 10.0. The van der Waals surface area contributed by atoms with Crippen molar-refractivity contribution < 1.29 is 18.0 Å². The highest BCUT2D eigenvalue weighted by Gasteiger charge is 2.34. The number of anilines is 1. The Morgan fingerprint density at radius 3 is 2.22 bits per heavy atom. The summed E-state index contributed by atoms with van der Waals surface area (Å²) in [7, 11) is -4.21. The van der Waals surface area contributed by atoms with Gasteiger partial charge in [-0.15, -0.1) is 0 Å². The van der Waals surface area contributed by atoms with Crippen molar-refractivity contribution in [1.82, 2.24) is 10.2 Å². The fourth-order valence-electron chi connectivity index (χ4n) is 4.81. The van der Waals surface area contributed by atoms with Crippen LogP contribution in [0.2, 0.25) is 15.1 Å². The van der Waals surface area contributed by atoms with Crippen molar-refractivity contribution in [3.8, 4) is 0 Å². The van der Waals surface area contributed by atoms with Crippen LogP contribution in [0.4, 0.5) is 5.69 Å². The van der Waals surface area contributed by atoms with E-state index < -0.39 is 28.5 Å². The number of hydrogen-bond acceptors (Lipinski definition) is 4. The number of rotatable bonds is 10. The van der Waals surface area contributed by atoms with E-state index in [4.69, 9.17) is 34.8 Å². The summed E-state index contributed by atoms with van der Waals surface area (Å²) in [6.07, 6.45) is 3.84. The van der Waals surface area contributed by atoms with Gasteiger partial charge in [0.2, 0.25) is 11.8 Å². The number of hydrogen-bond donors (Lipinski definition) is 1. The largest absolute Gasteiger partial charge is 0.352 e. The van der Waals surface area contributed by atoms with Gasteiger partial charge in [0.15, 0.2) is 0 Å². The van der Waals surface area contributed by atoms with Crippen LogP contribution in [0.1, 0.15) is 43.7 Å². The van der Waals surface area contributed by atoms with Crippen molar-refractivity contribution >= 4 is 62.3 Å². The number of sulfonamides is 1. The zero-order chi connectivity index (χ0) is 29.7. The van der Waals surface area contributed by atoms with Crippen LogP contribution >= 0.6 is 34.8 Å². The molecule has 0 saturated heterocycles. The first-order valence-corrected chi connectivity index (χ1v) is 15.9. The number of para-hydroxylation sites is 1. The molecule has 0 aromatic heterocycles. The van der Waals surface area contributed by atoms with Crippen LogP contribution in [0.5, 0.6) is 0 Å². The van der Waals surface area contributed by atoms with E-state index in [-0.39, 0.29) is 34.1 Å². The predicted octanol–water partition coefficient (Wildman–Crippen LogP) is 6.63. The molecule has 7 nitrogen and oxygen atoms in total. The molecule has 3 aromatic carbocycles. The average molecular weight is 637 g/mol. The molecular formula is C30H32Cl3N3O4S. The molecule has 0 spiro atoms. The van der Waals surface area contributed by atoms with E-state index in [0.717, 1.165) is 35.6 Å². The van der Waals surface area contributed by atoms with Crippen LogP contribution in [0, 0.1) is 6.92 Å². The highest BCUT2D eigenvalue weighted by Crippen LogP contribution is 2.31. The van der Waals surface area contributed by atoms with E-state index in [9.17, 15) is 18.0 Å². The van der Waals surface area contributed by atoms with E-state index in [1.54, 1.807) is 61.5 Å². The second kappa shape index (κ2) is 13.5. The molecule has 3 aromatic rings. The third-order valence-electron chi connectivity index (χ3n) is 7.21. The van der Waals surface area contributed by atoms with Crippen molar-refractivity contribution in [3.63, 3.8) is 0 Å². The number of nitrogens with one attached hydrogen (secondary N) is 1. The minimum Gasteiger partial charge on any atom is -0.352 e. The van der Waals surface area contributed by atoms with Crippen molar-refractivity contribution in [2.75, 3.05) is 10.8 Å². The second-order valence-electron chi connectivity index (χ2n) is 10.2. The number of carbonyl (C=O) groups is 2. The van der Waals surface area contributed by atoms with Gasteiger partial charge < -0.3 is 10.2 Å². The molecule has 1 N–H and O–H groups in total. The predicted molar refractivity (Wildman–Crippen MR) is 164 cm³/mol. The quantitative estimate of drug-likeness (QED) is 0.271. The number of amides is 2. The SMILES string of the molecule is Cc1ccc(S(=O)(=O)N(CC(=O)N(Cc2ccc(Cl)c(Cl)c2)C(C)C(=O)NC2CCCC2)c2ccccc2Cl)cc1. The Kier molecular flexibility index (Phi) is 10.2. The molecule has 41 heavy (non-hydrogen) atoms. The summed E-state index contributed by atoms with van der Waals surface area (Å²) in [5.74, 6) is -0.892. The molecule has 2 amide bonds. The van der Waals surface area contributed by atoms with Crippen molar-refractivity contribution in [1.29, 1.82) is 0 Å². The lowest BCUT2D eigenvalue weighted by atomic mass is 10.1. The molecule has 11 heteroatoms. The molecule has 0 aliphatic heterocycles. The maximum absolute atomic E-state index is 14.0. The molecule has 1 aliphatic carbocycles. The van der Waals surface area contributed by atoms with E-state index in [2.05, 4.69) is 5.32 Å². The molecule has 4 rings (SSSR count). The standard InChI is InChI=1S/C30H32Cl3N3O4S/c1-20-11-14-24(15-12-20)41(39,40)36(28-10-6-5-9-26(28)32)19-29(37)35(18-22-13-16-25(31)27(33)17-22)21(2)30(38)34-23-7-3-4-8-23/h5-6,9-17,21,23H,3-4,7-8,18-19H2,1-2H3,(H,34,38). The van der Waals surface area contributed by atoms with E-state index in [1.807, 2.05) is 6.92 Å². The Morgan fingerprint density at radius 2 is 1.59 bits per heavy atom. The summed E-state index contributed by atoms with van der Waals surface area (Å²) in [4.78, 5) is 28.7. The Morgan fingerprint density at radius 1 is 0.927 bits per heavy atom. The number of carbonyl (C=O) groups excluding carboxylic acids is 2. The molecule has 1 saturated carbocycles. The zero-order valence-electron chi connectivity index (χ0n) is 22.8. The summed E-state index contributed by atoms with van der Waals surface area (Å²) in [6.45, 7) is 2.91. The molecule has 1 fully saturated rings. The summed E-state index contributed by atoms with van der Waals surface area (Å²) in [5.41, 5.74) is 1.68. The minimum atomic E-state index is -4.21. The number of halogens is 3. The maximum Gasteiger partial charge on any atom is 0.264 e. The first-order chi connectivity index (χ1) is 19.5. The monoisotopic (exact) mass is 635 g/mol. The van der Waals surface area contributed by atoms with Gasteiger partial charge >= 0.3 is 0 Å². The second-order valence-corrected chi connectivity index (χ2v) is 13.3. The fraction of sp³-hybridized carbons (Fsp3) is 0.333.